The second-order valence-electron chi connectivity index (χ2n) is 6.29. The van der Waals surface area contributed by atoms with Crippen molar-refractivity contribution < 1.29 is 22.7 Å². The molecule has 1 heterocycles. The van der Waals surface area contributed by atoms with Crippen LogP contribution in [-0.4, -0.2) is 55.4 Å². The van der Waals surface area contributed by atoms with E-state index in [1.807, 2.05) is 0 Å². The summed E-state index contributed by atoms with van der Waals surface area (Å²) in [6.07, 6.45) is 2.12. The summed E-state index contributed by atoms with van der Waals surface area (Å²) in [5.41, 5.74) is 0.0865. The molecule has 1 aliphatic carbocycles. The molecule has 25 heavy (non-hydrogen) atoms. The third-order valence-electron chi connectivity index (χ3n) is 4.31. The molecule has 0 bridgehead atoms. The van der Waals surface area contributed by atoms with Crippen molar-refractivity contribution in [1.82, 2.24) is 4.90 Å². The maximum absolute atomic E-state index is 12.5. The second-order valence-corrected chi connectivity index (χ2v) is 9.36. The number of sulfone groups is 1. The quantitative estimate of drug-likeness (QED) is 0.702. The first-order valence-corrected chi connectivity index (χ1v) is 10.5. The van der Waals surface area contributed by atoms with E-state index in [4.69, 9.17) is 27.9 Å². The van der Waals surface area contributed by atoms with Crippen LogP contribution in [0.5, 0.6) is 0 Å². The first kappa shape index (κ1) is 18.5. The Labute approximate surface area is 155 Å². The molecule has 1 aromatic carbocycles. The molecule has 9 heteroatoms. The zero-order valence-electron chi connectivity index (χ0n) is 13.3. The van der Waals surface area contributed by atoms with Crippen LogP contribution in [0.15, 0.2) is 18.2 Å². The largest absolute Gasteiger partial charge is 0.452 e. The Hall–Kier alpha value is -1.31. The summed E-state index contributed by atoms with van der Waals surface area (Å²) < 4.78 is 28.4. The molecule has 2 fully saturated rings. The van der Waals surface area contributed by atoms with E-state index in [2.05, 4.69) is 0 Å². The summed E-state index contributed by atoms with van der Waals surface area (Å²) in [6, 6.07) is 4.10. The fourth-order valence-corrected chi connectivity index (χ4v) is 5.06. The minimum Gasteiger partial charge on any atom is -0.452 e. The van der Waals surface area contributed by atoms with Crippen LogP contribution in [-0.2, 0) is 19.4 Å². The maximum Gasteiger partial charge on any atom is 0.340 e. The highest BCUT2D eigenvalue weighted by molar-refractivity contribution is 7.91. The lowest BCUT2D eigenvalue weighted by Gasteiger charge is -2.28. The Morgan fingerprint density at radius 2 is 1.88 bits per heavy atom. The standard InChI is InChI=1S/C16H17Cl2NO5S/c17-10-1-4-14(18)13(7-10)16(21)24-8-15(20)19(11-2-3-11)12-5-6-25(22,23)9-12/h1,4,7,11-12H,2-3,5-6,8-9H2/t12-/m1/s1. The van der Waals surface area contributed by atoms with Gasteiger partial charge in [-0.15, -0.1) is 0 Å². The highest BCUT2D eigenvalue weighted by Crippen LogP contribution is 2.32. The highest BCUT2D eigenvalue weighted by Gasteiger charge is 2.42. The molecule has 1 amide bonds. The summed E-state index contributed by atoms with van der Waals surface area (Å²) in [7, 11) is -3.10. The minimum absolute atomic E-state index is 0.0245. The molecule has 1 saturated heterocycles. The number of rotatable bonds is 5. The molecule has 0 aromatic heterocycles. The predicted molar refractivity (Wildman–Crippen MR) is 93.7 cm³/mol. The Morgan fingerprint density at radius 1 is 1.16 bits per heavy atom. The van der Waals surface area contributed by atoms with Gasteiger partial charge in [0.1, 0.15) is 0 Å². The molecular weight excluding hydrogens is 389 g/mol. The van der Waals surface area contributed by atoms with Gasteiger partial charge in [-0.05, 0) is 37.5 Å². The third kappa shape index (κ3) is 4.46. The second kappa shape index (κ2) is 7.13. The average molecular weight is 406 g/mol. The fourth-order valence-electron chi connectivity index (χ4n) is 2.99. The van der Waals surface area contributed by atoms with E-state index < -0.39 is 22.4 Å². The number of nitrogens with zero attached hydrogens (tertiary/aromatic N) is 1. The van der Waals surface area contributed by atoms with E-state index in [-0.39, 0.29) is 40.1 Å². The number of carbonyl (C=O) groups is 2. The molecule has 2 aliphatic rings. The van der Waals surface area contributed by atoms with Gasteiger partial charge in [0.15, 0.2) is 16.4 Å². The van der Waals surface area contributed by atoms with Crippen LogP contribution in [0, 0.1) is 0 Å². The third-order valence-corrected chi connectivity index (χ3v) is 6.62. The van der Waals surface area contributed by atoms with Gasteiger partial charge in [0.05, 0.1) is 22.1 Å². The average Bonchev–Trinajstić information content (AvgIpc) is 3.31. The molecule has 0 radical (unpaired) electrons. The Morgan fingerprint density at radius 3 is 2.48 bits per heavy atom. The molecule has 1 atom stereocenters. The van der Waals surface area contributed by atoms with E-state index >= 15 is 0 Å². The van der Waals surface area contributed by atoms with Crippen molar-refractivity contribution in [3.63, 3.8) is 0 Å². The summed E-state index contributed by atoms with van der Waals surface area (Å²) in [4.78, 5) is 26.2. The smallest absolute Gasteiger partial charge is 0.340 e. The van der Waals surface area contributed by atoms with Gasteiger partial charge in [-0.1, -0.05) is 23.2 Å². The van der Waals surface area contributed by atoms with E-state index in [1.165, 1.54) is 12.1 Å². The van der Waals surface area contributed by atoms with Gasteiger partial charge in [0.2, 0.25) is 0 Å². The number of amides is 1. The minimum atomic E-state index is -3.10. The lowest BCUT2D eigenvalue weighted by Crippen LogP contribution is -2.44. The van der Waals surface area contributed by atoms with Crippen LogP contribution in [0.1, 0.15) is 29.6 Å². The fraction of sp³-hybridized carbons (Fsp3) is 0.500. The Bertz CT molecular complexity index is 807. The molecule has 1 aromatic rings. The number of halogens is 2. The topological polar surface area (TPSA) is 80.8 Å². The first-order chi connectivity index (χ1) is 11.8. The molecule has 0 spiro atoms. The lowest BCUT2D eigenvalue weighted by atomic mass is 10.2. The van der Waals surface area contributed by atoms with Gasteiger partial charge >= 0.3 is 5.97 Å². The van der Waals surface area contributed by atoms with Crippen LogP contribution in [0.2, 0.25) is 10.0 Å². The predicted octanol–water partition coefficient (Wildman–Crippen LogP) is 2.33. The van der Waals surface area contributed by atoms with Crippen molar-refractivity contribution in [1.29, 1.82) is 0 Å². The zero-order chi connectivity index (χ0) is 18.2. The lowest BCUT2D eigenvalue weighted by molar-refractivity contribution is -0.137. The Balaban J connectivity index is 1.64. The summed E-state index contributed by atoms with van der Waals surface area (Å²) in [5, 5.41) is 0.515. The van der Waals surface area contributed by atoms with E-state index in [1.54, 1.807) is 11.0 Å². The monoisotopic (exact) mass is 405 g/mol. The SMILES string of the molecule is O=C(OCC(=O)N(C1CC1)[C@@H]1CCS(=O)(=O)C1)c1cc(Cl)ccc1Cl. The maximum atomic E-state index is 12.5. The van der Waals surface area contributed by atoms with Crippen LogP contribution < -0.4 is 0 Å². The molecule has 1 saturated carbocycles. The number of hydrogen-bond donors (Lipinski definition) is 0. The number of benzene rings is 1. The van der Waals surface area contributed by atoms with Crippen LogP contribution in [0.25, 0.3) is 0 Å². The molecule has 3 rings (SSSR count). The van der Waals surface area contributed by atoms with Gasteiger partial charge in [-0.2, -0.15) is 0 Å². The van der Waals surface area contributed by atoms with Crippen molar-refractivity contribution in [2.75, 3.05) is 18.1 Å². The zero-order valence-corrected chi connectivity index (χ0v) is 15.6. The van der Waals surface area contributed by atoms with Gasteiger partial charge in [0.25, 0.3) is 5.91 Å². The number of hydrogen-bond acceptors (Lipinski definition) is 5. The van der Waals surface area contributed by atoms with Crippen molar-refractivity contribution in [3.05, 3.63) is 33.8 Å². The van der Waals surface area contributed by atoms with E-state index in [9.17, 15) is 18.0 Å². The molecular formula is C16H17Cl2NO5S. The number of ether oxygens (including phenoxy) is 1. The number of esters is 1. The number of carbonyl (C=O) groups excluding carboxylic acids is 2. The molecule has 0 unspecified atom stereocenters. The van der Waals surface area contributed by atoms with Crippen molar-refractivity contribution >= 4 is 44.9 Å². The van der Waals surface area contributed by atoms with Crippen LogP contribution in [0.3, 0.4) is 0 Å². The van der Waals surface area contributed by atoms with Crippen molar-refractivity contribution in [2.24, 2.45) is 0 Å². The summed E-state index contributed by atoms with van der Waals surface area (Å²) in [5.74, 6) is -1.05. The summed E-state index contributed by atoms with van der Waals surface area (Å²) >= 11 is 11.8. The van der Waals surface area contributed by atoms with Crippen molar-refractivity contribution in [3.8, 4) is 0 Å². The van der Waals surface area contributed by atoms with Crippen LogP contribution >= 0.6 is 23.2 Å². The van der Waals surface area contributed by atoms with Gasteiger partial charge in [-0.3, -0.25) is 4.79 Å². The molecule has 136 valence electrons. The summed E-state index contributed by atoms with van der Waals surface area (Å²) in [6.45, 7) is -0.450. The normalized spacial score (nSPS) is 21.8. The highest BCUT2D eigenvalue weighted by atomic mass is 35.5. The van der Waals surface area contributed by atoms with Crippen LogP contribution in [0.4, 0.5) is 0 Å². The Kier molecular flexibility index (Phi) is 5.27. The molecule has 6 nitrogen and oxygen atoms in total. The van der Waals surface area contributed by atoms with Crippen molar-refractivity contribution in [2.45, 2.75) is 31.3 Å². The van der Waals surface area contributed by atoms with E-state index in [0.29, 0.717) is 11.4 Å². The molecule has 1 aliphatic heterocycles. The van der Waals surface area contributed by atoms with Gasteiger partial charge in [0, 0.05) is 17.1 Å². The molecule has 0 N–H and O–H groups in total. The van der Waals surface area contributed by atoms with Gasteiger partial charge < -0.3 is 9.64 Å². The van der Waals surface area contributed by atoms with Gasteiger partial charge in [-0.25, -0.2) is 13.2 Å². The van der Waals surface area contributed by atoms with E-state index in [0.717, 1.165) is 12.8 Å². The first-order valence-electron chi connectivity index (χ1n) is 7.90.